The summed E-state index contributed by atoms with van der Waals surface area (Å²) in [6.45, 7) is 6.25. The number of rotatable bonds is 1. The third-order valence-corrected chi connectivity index (χ3v) is 3.94. The van der Waals surface area contributed by atoms with Gasteiger partial charge in [-0.3, -0.25) is 0 Å². The molecule has 17 heavy (non-hydrogen) atoms. The fraction of sp³-hybridized carbons (Fsp3) is 0.538. The Labute approximate surface area is 101 Å². The number of aryl methyl sites for hydroxylation is 1. The average molecular weight is 228 g/mol. The second kappa shape index (κ2) is 4.01. The summed E-state index contributed by atoms with van der Waals surface area (Å²) in [4.78, 5) is 6.68. The number of pyridine rings is 1. The molecule has 0 aliphatic carbocycles. The van der Waals surface area contributed by atoms with Gasteiger partial charge in [-0.1, -0.05) is 0 Å². The lowest BCUT2D eigenvalue weighted by Crippen LogP contribution is -2.27. The van der Waals surface area contributed by atoms with Crippen LogP contribution in [-0.4, -0.2) is 31.2 Å². The predicted molar refractivity (Wildman–Crippen MR) is 65.8 cm³/mol. The minimum absolute atomic E-state index is 0.726. The molecule has 2 saturated heterocycles. The van der Waals surface area contributed by atoms with Crippen molar-refractivity contribution in [2.75, 3.05) is 31.1 Å². The fourth-order valence-electron chi connectivity index (χ4n) is 2.95. The average Bonchev–Trinajstić information content (AvgIpc) is 2.88. The first kappa shape index (κ1) is 10.5. The number of fused-ring (bicyclic) bond motifs is 1. The first-order valence-corrected chi connectivity index (χ1v) is 6.11. The van der Waals surface area contributed by atoms with E-state index in [9.17, 15) is 5.26 Å². The summed E-state index contributed by atoms with van der Waals surface area (Å²) >= 11 is 0. The summed E-state index contributed by atoms with van der Waals surface area (Å²) in [5, 5.41) is 12.7. The molecule has 0 bridgehead atoms. The van der Waals surface area contributed by atoms with Crippen molar-refractivity contribution in [3.05, 3.63) is 23.4 Å². The van der Waals surface area contributed by atoms with Gasteiger partial charge < -0.3 is 10.2 Å². The molecule has 0 amide bonds. The van der Waals surface area contributed by atoms with E-state index in [1.807, 2.05) is 13.0 Å². The van der Waals surface area contributed by atoms with Crippen molar-refractivity contribution in [1.29, 1.82) is 5.26 Å². The maximum absolute atomic E-state index is 9.23. The van der Waals surface area contributed by atoms with E-state index in [1.165, 1.54) is 0 Å². The van der Waals surface area contributed by atoms with E-state index in [1.54, 1.807) is 6.20 Å². The van der Waals surface area contributed by atoms with E-state index >= 15 is 0 Å². The van der Waals surface area contributed by atoms with E-state index in [0.717, 1.165) is 55.0 Å². The zero-order chi connectivity index (χ0) is 11.8. The predicted octanol–water partition coefficient (Wildman–Crippen LogP) is 0.917. The molecular weight excluding hydrogens is 212 g/mol. The molecule has 1 N–H and O–H groups in total. The summed E-state index contributed by atoms with van der Waals surface area (Å²) in [5.41, 5.74) is 1.76. The van der Waals surface area contributed by atoms with Gasteiger partial charge in [-0.05, 0) is 30.4 Å². The van der Waals surface area contributed by atoms with Crippen molar-refractivity contribution in [3.8, 4) is 6.07 Å². The molecule has 3 heterocycles. The van der Waals surface area contributed by atoms with Crippen molar-refractivity contribution in [1.82, 2.24) is 10.3 Å². The van der Waals surface area contributed by atoms with Gasteiger partial charge in [0.2, 0.25) is 0 Å². The first-order valence-electron chi connectivity index (χ1n) is 6.11. The number of aromatic nitrogens is 1. The second-order valence-corrected chi connectivity index (χ2v) is 5.02. The van der Waals surface area contributed by atoms with Gasteiger partial charge in [0, 0.05) is 32.4 Å². The molecule has 2 atom stereocenters. The van der Waals surface area contributed by atoms with Crippen LogP contribution in [0.2, 0.25) is 0 Å². The molecule has 2 aliphatic heterocycles. The van der Waals surface area contributed by atoms with E-state index < -0.39 is 0 Å². The molecule has 2 fully saturated rings. The van der Waals surface area contributed by atoms with Crippen molar-refractivity contribution < 1.29 is 0 Å². The highest BCUT2D eigenvalue weighted by atomic mass is 15.2. The molecule has 2 aliphatic rings. The smallest absolute Gasteiger partial charge is 0.146 e. The van der Waals surface area contributed by atoms with Crippen LogP contribution in [0.15, 0.2) is 12.3 Å². The lowest BCUT2D eigenvalue weighted by molar-refractivity contribution is 0.533. The Morgan fingerprint density at radius 1 is 1.41 bits per heavy atom. The van der Waals surface area contributed by atoms with Gasteiger partial charge in [0.05, 0.1) is 5.56 Å². The molecule has 0 aromatic carbocycles. The Kier molecular flexibility index (Phi) is 2.49. The van der Waals surface area contributed by atoms with Gasteiger partial charge >= 0.3 is 0 Å². The first-order chi connectivity index (χ1) is 8.29. The summed E-state index contributed by atoms with van der Waals surface area (Å²) in [6, 6.07) is 4.19. The lowest BCUT2D eigenvalue weighted by Gasteiger charge is -2.20. The maximum Gasteiger partial charge on any atom is 0.146 e. The second-order valence-electron chi connectivity index (χ2n) is 5.02. The quantitative estimate of drug-likeness (QED) is 0.776. The van der Waals surface area contributed by atoms with Crippen LogP contribution in [0, 0.1) is 30.1 Å². The van der Waals surface area contributed by atoms with E-state index in [2.05, 4.69) is 21.3 Å². The van der Waals surface area contributed by atoms with Crippen LogP contribution in [0.25, 0.3) is 0 Å². The van der Waals surface area contributed by atoms with Crippen LogP contribution in [0.1, 0.15) is 11.1 Å². The minimum Gasteiger partial charge on any atom is -0.355 e. The van der Waals surface area contributed by atoms with Crippen LogP contribution >= 0.6 is 0 Å². The number of nitrogens with zero attached hydrogens (tertiary/aromatic N) is 3. The molecule has 0 radical (unpaired) electrons. The topological polar surface area (TPSA) is 52.0 Å². The minimum atomic E-state index is 0.726. The third-order valence-electron chi connectivity index (χ3n) is 3.94. The lowest BCUT2D eigenvalue weighted by atomic mass is 10.0. The third kappa shape index (κ3) is 1.67. The van der Waals surface area contributed by atoms with E-state index in [-0.39, 0.29) is 0 Å². The van der Waals surface area contributed by atoms with Crippen molar-refractivity contribution >= 4 is 5.82 Å². The van der Waals surface area contributed by atoms with Crippen LogP contribution in [0.5, 0.6) is 0 Å². The highest BCUT2D eigenvalue weighted by molar-refractivity contribution is 5.57. The fourth-order valence-corrected chi connectivity index (χ4v) is 2.95. The number of hydrogen-bond donors (Lipinski definition) is 1. The van der Waals surface area contributed by atoms with Crippen LogP contribution in [0.3, 0.4) is 0 Å². The van der Waals surface area contributed by atoms with Crippen LogP contribution in [-0.2, 0) is 0 Å². The molecule has 4 heteroatoms. The molecule has 1 aromatic heterocycles. The Balaban J connectivity index is 1.91. The van der Waals surface area contributed by atoms with Crippen LogP contribution < -0.4 is 10.2 Å². The van der Waals surface area contributed by atoms with Gasteiger partial charge in [0.1, 0.15) is 11.9 Å². The monoisotopic (exact) mass is 228 g/mol. The number of nitriles is 1. The van der Waals surface area contributed by atoms with Crippen LogP contribution in [0.4, 0.5) is 5.82 Å². The largest absolute Gasteiger partial charge is 0.355 e. The number of hydrogen-bond acceptors (Lipinski definition) is 4. The molecule has 0 saturated carbocycles. The van der Waals surface area contributed by atoms with Gasteiger partial charge in [0.15, 0.2) is 0 Å². The standard InChI is InChI=1S/C13H16N4/c1-9-2-3-16-13(12(9)4-14)17-7-10-5-15-6-11(10)8-17/h2-3,10-11,15H,5-8H2,1H3/t10-,11+. The molecular formula is C13H16N4. The number of anilines is 1. The molecule has 88 valence electrons. The van der Waals surface area contributed by atoms with Gasteiger partial charge in [-0.25, -0.2) is 4.98 Å². The maximum atomic E-state index is 9.23. The normalized spacial score (nSPS) is 26.9. The SMILES string of the molecule is Cc1ccnc(N2C[C@H]3CNC[C@H]3C2)c1C#N. The molecule has 0 spiro atoms. The summed E-state index contributed by atoms with van der Waals surface area (Å²) in [6.07, 6.45) is 1.80. The number of nitrogens with one attached hydrogen (secondary N) is 1. The summed E-state index contributed by atoms with van der Waals surface area (Å²) in [5.74, 6) is 2.33. The van der Waals surface area contributed by atoms with Crippen molar-refractivity contribution in [2.45, 2.75) is 6.92 Å². The van der Waals surface area contributed by atoms with Crippen molar-refractivity contribution in [2.24, 2.45) is 11.8 Å². The van der Waals surface area contributed by atoms with Gasteiger partial charge in [0.25, 0.3) is 0 Å². The van der Waals surface area contributed by atoms with Gasteiger partial charge in [-0.15, -0.1) is 0 Å². The highest BCUT2D eigenvalue weighted by Crippen LogP contribution is 2.31. The zero-order valence-corrected chi connectivity index (χ0v) is 9.98. The molecule has 4 nitrogen and oxygen atoms in total. The Bertz CT molecular complexity index is 465. The molecule has 0 unspecified atom stereocenters. The Hall–Kier alpha value is -1.60. The Morgan fingerprint density at radius 2 is 2.12 bits per heavy atom. The van der Waals surface area contributed by atoms with Gasteiger partial charge in [-0.2, -0.15) is 5.26 Å². The van der Waals surface area contributed by atoms with E-state index in [4.69, 9.17) is 0 Å². The molecule has 1 aromatic rings. The van der Waals surface area contributed by atoms with Crippen molar-refractivity contribution in [3.63, 3.8) is 0 Å². The zero-order valence-electron chi connectivity index (χ0n) is 9.98. The Morgan fingerprint density at radius 3 is 2.76 bits per heavy atom. The molecule has 3 rings (SSSR count). The van der Waals surface area contributed by atoms with E-state index in [0.29, 0.717) is 0 Å². The summed E-state index contributed by atoms with van der Waals surface area (Å²) < 4.78 is 0. The highest BCUT2D eigenvalue weighted by Gasteiger charge is 2.37. The summed E-state index contributed by atoms with van der Waals surface area (Å²) in [7, 11) is 0.